The van der Waals surface area contributed by atoms with Gasteiger partial charge in [0.1, 0.15) is 0 Å². The second-order valence-electron chi connectivity index (χ2n) is 4.92. The van der Waals surface area contributed by atoms with Crippen molar-refractivity contribution in [1.82, 2.24) is 5.32 Å². The molecule has 0 aromatic carbocycles. The van der Waals surface area contributed by atoms with Crippen LogP contribution in [0.4, 0.5) is 0 Å². The Hall–Kier alpha value is -0.130. The van der Waals surface area contributed by atoms with Crippen LogP contribution in [0.2, 0.25) is 0 Å². The normalized spacial score (nSPS) is 34.1. The Kier molecular flexibility index (Phi) is 3.05. The number of hydrogen-bond donors (Lipinski definition) is 1. The molecule has 1 N–H and O–H groups in total. The zero-order valence-electron chi connectivity index (χ0n) is 9.16. The van der Waals surface area contributed by atoms with Gasteiger partial charge in [0.25, 0.3) is 0 Å². The van der Waals surface area contributed by atoms with Gasteiger partial charge < -0.3 is 10.1 Å². The summed E-state index contributed by atoms with van der Waals surface area (Å²) in [6.45, 7) is 3.73. The molecule has 2 heterocycles. The van der Waals surface area contributed by atoms with E-state index in [-0.39, 0.29) is 11.6 Å². The predicted molar refractivity (Wildman–Crippen MR) is 58.7 cm³/mol. The van der Waals surface area contributed by atoms with E-state index in [0.717, 1.165) is 32.5 Å². The Balaban J connectivity index is 1.91. The first-order valence-corrected chi connectivity index (χ1v) is 7.37. The van der Waals surface area contributed by atoms with Crippen LogP contribution in [0, 0.1) is 0 Å². The van der Waals surface area contributed by atoms with E-state index in [2.05, 4.69) is 12.2 Å². The quantitative estimate of drug-likeness (QED) is 0.747. The summed E-state index contributed by atoms with van der Waals surface area (Å²) in [5.41, 5.74) is 0.0722. The molecule has 5 heteroatoms. The van der Waals surface area contributed by atoms with Gasteiger partial charge in [-0.3, -0.25) is 0 Å². The third kappa shape index (κ3) is 2.92. The maximum absolute atomic E-state index is 11.3. The maximum Gasteiger partial charge on any atom is 0.151 e. The van der Waals surface area contributed by atoms with Crippen LogP contribution in [0.25, 0.3) is 0 Å². The molecular weight excluding hydrogens is 214 g/mol. The first-order valence-electron chi connectivity index (χ1n) is 5.55. The number of sulfone groups is 1. The topological polar surface area (TPSA) is 55.4 Å². The smallest absolute Gasteiger partial charge is 0.151 e. The van der Waals surface area contributed by atoms with Gasteiger partial charge >= 0.3 is 0 Å². The number of nitrogens with one attached hydrogen (secondary N) is 1. The van der Waals surface area contributed by atoms with Crippen molar-refractivity contribution in [2.75, 3.05) is 24.7 Å². The van der Waals surface area contributed by atoms with Crippen LogP contribution in [-0.4, -0.2) is 44.7 Å². The largest absolute Gasteiger partial charge is 0.381 e. The molecule has 0 aromatic heterocycles. The lowest BCUT2D eigenvalue weighted by atomic mass is 9.91. The van der Waals surface area contributed by atoms with Crippen LogP contribution >= 0.6 is 0 Å². The van der Waals surface area contributed by atoms with Gasteiger partial charge in [0.2, 0.25) is 0 Å². The molecule has 4 nitrogen and oxygen atoms in total. The van der Waals surface area contributed by atoms with Crippen molar-refractivity contribution in [3.05, 3.63) is 0 Å². The third-order valence-corrected chi connectivity index (χ3v) is 5.15. The van der Waals surface area contributed by atoms with Crippen molar-refractivity contribution >= 4 is 9.84 Å². The molecule has 0 aromatic rings. The first kappa shape index (κ1) is 11.4. The Labute approximate surface area is 91.3 Å². The van der Waals surface area contributed by atoms with Crippen molar-refractivity contribution in [1.29, 1.82) is 0 Å². The van der Waals surface area contributed by atoms with Crippen molar-refractivity contribution in [3.63, 3.8) is 0 Å². The van der Waals surface area contributed by atoms with Crippen molar-refractivity contribution in [2.45, 2.75) is 37.8 Å². The van der Waals surface area contributed by atoms with E-state index in [0.29, 0.717) is 11.5 Å². The molecule has 2 rings (SSSR count). The molecule has 2 fully saturated rings. The summed E-state index contributed by atoms with van der Waals surface area (Å²) >= 11 is 0. The maximum atomic E-state index is 11.3. The molecule has 0 bridgehead atoms. The van der Waals surface area contributed by atoms with E-state index < -0.39 is 9.84 Å². The highest BCUT2D eigenvalue weighted by Crippen LogP contribution is 2.23. The molecule has 0 saturated carbocycles. The van der Waals surface area contributed by atoms with Gasteiger partial charge in [-0.15, -0.1) is 0 Å². The van der Waals surface area contributed by atoms with Crippen LogP contribution in [0.1, 0.15) is 26.2 Å². The summed E-state index contributed by atoms with van der Waals surface area (Å²) in [6.07, 6.45) is 2.71. The zero-order chi connectivity index (χ0) is 10.9. The second kappa shape index (κ2) is 4.03. The van der Waals surface area contributed by atoms with E-state index >= 15 is 0 Å². The lowest BCUT2D eigenvalue weighted by Gasteiger charge is -2.36. The van der Waals surface area contributed by atoms with Crippen molar-refractivity contribution < 1.29 is 13.2 Å². The number of rotatable bonds is 2. The van der Waals surface area contributed by atoms with E-state index in [1.54, 1.807) is 0 Å². The van der Waals surface area contributed by atoms with Gasteiger partial charge in [0.15, 0.2) is 9.84 Å². The van der Waals surface area contributed by atoms with Crippen molar-refractivity contribution in [2.24, 2.45) is 0 Å². The summed E-state index contributed by atoms with van der Waals surface area (Å²) < 4.78 is 28.0. The zero-order valence-corrected chi connectivity index (χ0v) is 9.98. The molecule has 88 valence electrons. The predicted octanol–water partition coefficient (Wildman–Crippen LogP) is 0.332. The average Bonchev–Trinajstić information content (AvgIpc) is 2.45. The first-order chi connectivity index (χ1) is 6.99. The molecule has 2 saturated heterocycles. The monoisotopic (exact) mass is 233 g/mol. The Bertz CT molecular complexity index is 320. The molecular formula is C10H19NO3S. The molecule has 2 aliphatic heterocycles. The Morgan fingerprint density at radius 2 is 2.00 bits per heavy atom. The minimum absolute atomic E-state index is 0.0722. The highest BCUT2D eigenvalue weighted by molar-refractivity contribution is 7.91. The minimum atomic E-state index is -2.77. The summed E-state index contributed by atoms with van der Waals surface area (Å²) in [4.78, 5) is 0. The molecule has 1 atom stereocenters. The Morgan fingerprint density at radius 3 is 2.53 bits per heavy atom. The molecule has 0 spiro atoms. The van der Waals surface area contributed by atoms with Crippen LogP contribution in [0.3, 0.4) is 0 Å². The van der Waals surface area contributed by atoms with Gasteiger partial charge in [-0.1, -0.05) is 0 Å². The summed E-state index contributed by atoms with van der Waals surface area (Å²) in [6, 6.07) is 0.151. The minimum Gasteiger partial charge on any atom is -0.381 e. The van der Waals surface area contributed by atoms with Crippen LogP contribution in [-0.2, 0) is 14.6 Å². The van der Waals surface area contributed by atoms with E-state index in [4.69, 9.17) is 4.74 Å². The molecule has 0 radical (unpaired) electrons. The van der Waals surface area contributed by atoms with Crippen LogP contribution in [0.15, 0.2) is 0 Å². The summed E-state index contributed by atoms with van der Waals surface area (Å²) in [5, 5.41) is 3.49. The summed E-state index contributed by atoms with van der Waals surface area (Å²) in [5.74, 6) is 0.653. The Morgan fingerprint density at radius 1 is 1.33 bits per heavy atom. The van der Waals surface area contributed by atoms with E-state index in [1.165, 1.54) is 0 Å². The third-order valence-electron chi connectivity index (χ3n) is 3.38. The standard InChI is InChI=1S/C10H19NO3S/c1-10(3-5-14-6-4-10)11-9-2-7-15(12,13)8-9/h9,11H,2-8H2,1H3. The highest BCUT2D eigenvalue weighted by Gasteiger charge is 2.34. The van der Waals surface area contributed by atoms with Gasteiger partial charge in [0.05, 0.1) is 11.5 Å². The second-order valence-corrected chi connectivity index (χ2v) is 7.15. The van der Waals surface area contributed by atoms with Gasteiger partial charge in [-0.25, -0.2) is 8.42 Å². The summed E-state index contributed by atoms with van der Waals surface area (Å²) in [7, 11) is -2.77. The SMILES string of the molecule is CC1(NC2CCS(=O)(=O)C2)CCOCC1. The highest BCUT2D eigenvalue weighted by atomic mass is 32.2. The van der Waals surface area contributed by atoms with Gasteiger partial charge in [0, 0.05) is 24.8 Å². The van der Waals surface area contributed by atoms with Crippen LogP contribution < -0.4 is 5.32 Å². The molecule has 15 heavy (non-hydrogen) atoms. The van der Waals surface area contributed by atoms with Gasteiger partial charge in [-0.05, 0) is 26.2 Å². The fourth-order valence-corrected chi connectivity index (χ4v) is 4.04. The van der Waals surface area contributed by atoms with E-state index in [9.17, 15) is 8.42 Å². The molecule has 1 unspecified atom stereocenters. The van der Waals surface area contributed by atoms with Gasteiger partial charge in [-0.2, -0.15) is 0 Å². The molecule has 0 aliphatic carbocycles. The number of hydrogen-bond acceptors (Lipinski definition) is 4. The van der Waals surface area contributed by atoms with E-state index in [1.807, 2.05) is 0 Å². The van der Waals surface area contributed by atoms with Crippen LogP contribution in [0.5, 0.6) is 0 Å². The molecule has 2 aliphatic rings. The lowest BCUT2D eigenvalue weighted by molar-refractivity contribution is 0.0417. The van der Waals surface area contributed by atoms with Crippen molar-refractivity contribution in [3.8, 4) is 0 Å². The fourth-order valence-electron chi connectivity index (χ4n) is 2.37. The average molecular weight is 233 g/mol. The lowest BCUT2D eigenvalue weighted by Crippen LogP contribution is -2.51. The number of ether oxygens (including phenoxy) is 1. The fraction of sp³-hybridized carbons (Fsp3) is 1.00. The molecule has 0 amide bonds.